The highest BCUT2D eigenvalue weighted by Gasteiger charge is 2.20. The summed E-state index contributed by atoms with van der Waals surface area (Å²) < 4.78 is 209. The van der Waals surface area contributed by atoms with E-state index in [4.69, 9.17) is 220 Å². The molecule has 57 heteroatoms. The van der Waals surface area contributed by atoms with Gasteiger partial charge >= 0.3 is 36.6 Å². The summed E-state index contributed by atoms with van der Waals surface area (Å²) >= 11 is 0. The van der Waals surface area contributed by atoms with Crippen LogP contribution < -0.4 is 86.6 Å². The number of amides is 6. The Bertz CT molecular complexity index is 3230. The molecule has 143 heavy (non-hydrogen) atoms. The molecule has 4 fully saturated rings. The van der Waals surface area contributed by atoms with Crippen molar-refractivity contribution in [3.63, 3.8) is 0 Å². The highest BCUT2D eigenvalue weighted by Crippen LogP contribution is 2.30. The van der Waals surface area contributed by atoms with Crippen LogP contribution in [0.2, 0.25) is 0 Å². The molecule has 6 aliphatic heterocycles. The van der Waals surface area contributed by atoms with E-state index in [-0.39, 0.29) is 71.7 Å². The standard InChI is InChI=1S/C20H32N2O9.C16H32N2O9.C14H28N2O8.C14H20N2O6.C12H24N2O7.C10H20N2O6/c21-22-20(23)31-16-17-1-2-18-19(15-17)30-14-12-28-10-8-26-6-4-24-3-5-25-7-9-27-11-13-29-18;17-18-16(19)27-14-15-13-25-10-9-23-6-5-21-2-1-20-3-4-22-7-8-24-11-12-26-15;15-16-14(17)24-12-13-11-22-8-7-20-4-3-18-1-2-19-5-6-21-9-10-23-13;15-16-14(17)22-10-11-1-2-12-13(9-11)21-8-6-19-4-3-18-5-7-20-12;13-14-12(15)21-10-11-9-19-6-5-17-2-1-16-3-4-18-7-8-20-11;11-12-10(13)18-8-9-7-16-4-3-14-1-2-15-5-6-17-9/h1-2,15H,3-14,16,21H2,(H,22,23);15H,1-14,17H2,(H,18,19);13H,1-12,15H2,(H,16,17);1-2,9H,3-8,10,15H2,(H,16,17);11H,1-10,13H2,(H,14,15);9H,1-8,11H2,(H,12,13). The quantitative estimate of drug-likeness (QED) is 0.0451. The molecule has 2 aromatic carbocycles. The van der Waals surface area contributed by atoms with Gasteiger partial charge < -0.3 is 185 Å². The maximum absolute atomic E-state index is 11.2. The van der Waals surface area contributed by atoms with E-state index in [1.807, 2.05) is 32.6 Å². The molecule has 0 radical (unpaired) electrons. The predicted octanol–water partition coefficient (Wildman–Crippen LogP) is -2.53. The van der Waals surface area contributed by atoms with Crippen LogP contribution in [0.25, 0.3) is 0 Å². The van der Waals surface area contributed by atoms with Gasteiger partial charge in [0.25, 0.3) is 0 Å². The van der Waals surface area contributed by atoms with Gasteiger partial charge in [0, 0.05) is 0 Å². The van der Waals surface area contributed by atoms with Gasteiger partial charge in [-0.3, -0.25) is 32.6 Å². The van der Waals surface area contributed by atoms with E-state index in [2.05, 4.69) is 0 Å². The zero-order chi connectivity index (χ0) is 103. The highest BCUT2D eigenvalue weighted by atomic mass is 16.7. The van der Waals surface area contributed by atoms with Gasteiger partial charge in [-0.2, -0.15) is 0 Å². The molecule has 0 saturated carbocycles. The monoisotopic (exact) mass is 2080 g/mol. The molecule has 6 amide bonds. The zero-order valence-electron chi connectivity index (χ0n) is 81.9. The fourth-order valence-corrected chi connectivity index (χ4v) is 10.7. The van der Waals surface area contributed by atoms with Crippen LogP contribution in [0, 0.1) is 0 Å². The van der Waals surface area contributed by atoms with E-state index < -0.39 is 48.8 Å². The predicted molar refractivity (Wildman–Crippen MR) is 494 cm³/mol. The summed E-state index contributed by atoms with van der Waals surface area (Å²) in [6, 6.07) is 10.6. The third-order valence-corrected chi connectivity index (χ3v) is 17.6. The summed E-state index contributed by atoms with van der Waals surface area (Å²) in [5, 5.41) is 0. The molecule has 4 atom stereocenters. The van der Waals surface area contributed by atoms with Gasteiger partial charge in [-0.15, -0.1) is 0 Å². The van der Waals surface area contributed by atoms with E-state index >= 15 is 0 Å². The van der Waals surface area contributed by atoms with E-state index in [0.29, 0.717) is 386 Å². The second-order valence-corrected chi connectivity index (χ2v) is 28.5. The molecule has 4 unspecified atom stereocenters. The van der Waals surface area contributed by atoms with Gasteiger partial charge in [-0.05, 0) is 35.4 Å². The largest absolute Gasteiger partial charge is 0.487 e. The molecule has 8 rings (SSSR count). The smallest absolute Gasteiger partial charge is 0.421 e. The maximum atomic E-state index is 11.2. The summed E-state index contributed by atoms with van der Waals surface area (Å²) in [5.74, 6) is 32.0. The van der Waals surface area contributed by atoms with Crippen LogP contribution in [0.1, 0.15) is 11.1 Å². The van der Waals surface area contributed by atoms with E-state index in [9.17, 15) is 28.8 Å². The number of hydrogen-bond acceptors (Lipinski definition) is 51. The van der Waals surface area contributed by atoms with Gasteiger partial charge in [0.1, 0.15) is 90.5 Å². The van der Waals surface area contributed by atoms with Crippen molar-refractivity contribution in [2.75, 3.05) is 410 Å². The number of rotatable bonds is 12. The summed E-state index contributed by atoms with van der Waals surface area (Å²) in [5.41, 5.74) is 12.8. The van der Waals surface area contributed by atoms with Crippen LogP contribution in [-0.4, -0.2) is 471 Å². The van der Waals surface area contributed by atoms with Gasteiger partial charge in [-0.1, -0.05) is 12.1 Å². The first-order chi connectivity index (χ1) is 70.4. The number of hydrazine groups is 6. The second-order valence-electron chi connectivity index (χ2n) is 28.5. The van der Waals surface area contributed by atoms with Gasteiger partial charge in [0.15, 0.2) is 23.0 Å². The van der Waals surface area contributed by atoms with Crippen molar-refractivity contribution < 1.29 is 214 Å². The molecule has 2 aromatic rings. The average molecular weight is 2080 g/mol. The molecule has 0 aliphatic carbocycles. The lowest BCUT2D eigenvalue weighted by molar-refractivity contribution is -0.0815. The minimum atomic E-state index is -0.735. The van der Waals surface area contributed by atoms with Crippen molar-refractivity contribution in [3.05, 3.63) is 47.5 Å². The Balaban J connectivity index is 0.000000445. The third kappa shape index (κ3) is 81.6. The molecule has 6 aliphatic rings. The minimum Gasteiger partial charge on any atom is -0.487 e. The van der Waals surface area contributed by atoms with Crippen molar-refractivity contribution in [3.8, 4) is 23.0 Å². The fraction of sp³-hybridized carbons (Fsp3) is 0.791. The lowest BCUT2D eigenvalue weighted by Crippen LogP contribution is -2.35. The van der Waals surface area contributed by atoms with Crippen LogP contribution >= 0.6 is 0 Å². The third-order valence-electron chi connectivity index (χ3n) is 17.6. The van der Waals surface area contributed by atoms with E-state index in [1.165, 1.54) is 0 Å². The van der Waals surface area contributed by atoms with Crippen molar-refractivity contribution in [1.82, 2.24) is 32.6 Å². The van der Waals surface area contributed by atoms with E-state index in [0.717, 1.165) is 11.1 Å². The fourth-order valence-electron chi connectivity index (χ4n) is 10.7. The van der Waals surface area contributed by atoms with Gasteiger partial charge in [0.05, 0.1) is 357 Å². The number of hydrogen-bond donors (Lipinski definition) is 12. The van der Waals surface area contributed by atoms with Crippen molar-refractivity contribution in [2.24, 2.45) is 35.1 Å². The first-order valence-electron chi connectivity index (χ1n) is 46.9. The number of nitrogens with one attached hydrogen (secondary N) is 6. The molecule has 0 bridgehead atoms. The highest BCUT2D eigenvalue weighted by molar-refractivity contribution is 5.68. The Morgan fingerprint density at radius 3 is 0.517 bits per heavy atom. The summed E-state index contributed by atoms with van der Waals surface area (Å²) in [6.45, 7) is 26.4. The van der Waals surface area contributed by atoms with Crippen molar-refractivity contribution >= 4 is 36.6 Å². The first kappa shape index (κ1) is 129. The summed E-state index contributed by atoms with van der Waals surface area (Å²) in [7, 11) is 0. The number of ether oxygens (including phenoxy) is 39. The molecule has 4 saturated heterocycles. The van der Waals surface area contributed by atoms with Crippen molar-refractivity contribution in [1.29, 1.82) is 0 Å². The topological polar surface area (TPSA) is 691 Å². The number of fused-ring (bicyclic) bond motifs is 2. The van der Waals surface area contributed by atoms with Gasteiger partial charge in [-0.25, -0.2) is 63.8 Å². The SMILES string of the molecule is NNC(=O)OCC1COCCOCCOCCO1.NNC(=O)OCC1COCCOCCOCCOCCO1.NNC(=O)OCC1COCCOCCOCCOCCOCCO1.NNC(=O)OCC1COCCOCCOCCOCCOCCOCCO1.NNC(=O)OCc1ccc2c(c1)OCCOCCOCCO2.NNC(=O)OCc1ccc2c(c1)OCCOCCOCCOCCOCCOCCO2. The van der Waals surface area contributed by atoms with Crippen LogP contribution in [0.4, 0.5) is 28.8 Å². The first-order valence-corrected chi connectivity index (χ1v) is 46.9. The molecular formula is C86H156N12O45. The van der Waals surface area contributed by atoms with Crippen LogP contribution in [0.15, 0.2) is 36.4 Å². The molecule has 18 N–H and O–H groups in total. The van der Waals surface area contributed by atoms with Crippen LogP contribution in [0.5, 0.6) is 23.0 Å². The number of carbonyl (C=O) groups is 6. The number of benzene rings is 2. The number of carbonyl (C=O) groups excluding carboxylic acids is 6. The van der Waals surface area contributed by atoms with Gasteiger partial charge in [0.2, 0.25) is 0 Å². The molecule has 0 aromatic heterocycles. The zero-order valence-corrected chi connectivity index (χ0v) is 81.9. The Labute approximate surface area is 832 Å². The Morgan fingerprint density at radius 2 is 0.343 bits per heavy atom. The lowest BCUT2D eigenvalue weighted by atomic mass is 10.2. The summed E-state index contributed by atoms with van der Waals surface area (Å²) in [6.07, 6.45) is -5.87. The van der Waals surface area contributed by atoms with E-state index in [1.54, 1.807) is 36.4 Å². The lowest BCUT2D eigenvalue weighted by Gasteiger charge is -2.19. The molecular weight excluding hydrogens is 1920 g/mol. The minimum absolute atomic E-state index is 0.0147. The van der Waals surface area contributed by atoms with Crippen molar-refractivity contribution in [2.45, 2.75) is 37.6 Å². The molecule has 830 valence electrons. The number of nitrogens with two attached hydrogens (primary N) is 6. The average Bonchev–Trinajstić information content (AvgIpc) is 0.867. The molecule has 6 heterocycles. The molecule has 57 nitrogen and oxygen atoms in total. The Hall–Kier alpha value is -8.14. The normalized spacial score (nSPS) is 21.3. The Morgan fingerprint density at radius 1 is 0.196 bits per heavy atom. The van der Waals surface area contributed by atoms with Crippen LogP contribution in [0.3, 0.4) is 0 Å². The maximum Gasteiger partial charge on any atom is 0.421 e. The second kappa shape index (κ2) is 98.5. The molecule has 0 spiro atoms. The van der Waals surface area contributed by atoms with Crippen LogP contribution in [-0.2, 0) is 179 Å². The Kier molecular flexibility index (Phi) is 88.9. The summed E-state index contributed by atoms with van der Waals surface area (Å²) in [4.78, 5) is 66.0.